The summed E-state index contributed by atoms with van der Waals surface area (Å²) in [6.45, 7) is 7.72. The van der Waals surface area contributed by atoms with Crippen molar-refractivity contribution < 1.29 is 12.8 Å². The highest BCUT2D eigenvalue weighted by Crippen LogP contribution is 2.48. The van der Waals surface area contributed by atoms with Gasteiger partial charge in [0.1, 0.15) is 5.82 Å². The van der Waals surface area contributed by atoms with Crippen LogP contribution < -0.4 is 5.32 Å². The summed E-state index contributed by atoms with van der Waals surface area (Å²) in [5.74, 6) is 0.671. The average Bonchev–Trinajstić information content (AvgIpc) is 3.35. The van der Waals surface area contributed by atoms with Gasteiger partial charge in [-0.25, -0.2) is 12.8 Å². The summed E-state index contributed by atoms with van der Waals surface area (Å²) in [7, 11) is -3.09. The van der Waals surface area contributed by atoms with E-state index in [-0.39, 0.29) is 17.0 Å². The smallest absolute Gasteiger partial charge is 0.194 e. The molecule has 3 rings (SSSR count). The van der Waals surface area contributed by atoms with Gasteiger partial charge in [0, 0.05) is 25.0 Å². The maximum absolute atomic E-state index is 13.6. The highest BCUT2D eigenvalue weighted by Gasteiger charge is 2.45. The molecular formula is C19H28FN3O2S. The Morgan fingerprint density at radius 1 is 1.35 bits per heavy atom. The van der Waals surface area contributed by atoms with Gasteiger partial charge in [-0.05, 0) is 51.3 Å². The Balaban J connectivity index is 1.78. The normalized spacial score (nSPS) is 23.5. The lowest BCUT2D eigenvalue weighted by molar-refractivity contribution is 0.353. The first kappa shape index (κ1) is 19.1. The molecule has 1 aromatic rings. The number of sulfone groups is 1. The largest absolute Gasteiger partial charge is 0.357 e. The summed E-state index contributed by atoms with van der Waals surface area (Å²) in [6.07, 6.45) is 2.00. The second-order valence-corrected chi connectivity index (χ2v) is 10.7. The maximum Gasteiger partial charge on any atom is 0.194 e. The average molecular weight is 382 g/mol. The zero-order valence-corrected chi connectivity index (χ0v) is 16.6. The minimum Gasteiger partial charge on any atom is -0.357 e. The lowest BCUT2D eigenvalue weighted by Crippen LogP contribution is -2.57. The predicted octanol–water partition coefficient (Wildman–Crippen LogP) is 2.33. The fraction of sp³-hybridized carbons (Fsp3) is 0.632. The van der Waals surface area contributed by atoms with E-state index >= 15 is 0 Å². The number of halogens is 1. The van der Waals surface area contributed by atoms with Crippen LogP contribution in [0.3, 0.4) is 0 Å². The highest BCUT2D eigenvalue weighted by molar-refractivity contribution is 7.92. The van der Waals surface area contributed by atoms with Gasteiger partial charge in [0.15, 0.2) is 15.8 Å². The van der Waals surface area contributed by atoms with Crippen molar-refractivity contribution >= 4 is 15.8 Å². The SMILES string of the molecule is CCNC(=NCC1(c2cccc(F)c2)CC1)N1CCS(=O)(=O)C(C)(C)C1. The Morgan fingerprint density at radius 2 is 2.08 bits per heavy atom. The van der Waals surface area contributed by atoms with Gasteiger partial charge in [0.25, 0.3) is 0 Å². The molecule has 1 aliphatic carbocycles. The van der Waals surface area contributed by atoms with Crippen LogP contribution in [-0.4, -0.2) is 56.0 Å². The molecule has 7 heteroatoms. The fourth-order valence-corrected chi connectivity index (χ4v) is 4.85. The van der Waals surface area contributed by atoms with Gasteiger partial charge >= 0.3 is 0 Å². The van der Waals surface area contributed by atoms with Crippen LogP contribution in [0.1, 0.15) is 39.2 Å². The van der Waals surface area contributed by atoms with E-state index in [4.69, 9.17) is 4.99 Å². The van der Waals surface area contributed by atoms with Crippen molar-refractivity contribution in [1.29, 1.82) is 0 Å². The number of hydrogen-bond donors (Lipinski definition) is 1. The van der Waals surface area contributed by atoms with Crippen molar-refractivity contribution in [3.8, 4) is 0 Å². The Kier molecular flexibility index (Phi) is 5.03. The number of benzene rings is 1. The number of guanidine groups is 1. The van der Waals surface area contributed by atoms with Gasteiger partial charge in [0.2, 0.25) is 0 Å². The molecule has 0 bridgehead atoms. The maximum atomic E-state index is 13.6. The summed E-state index contributed by atoms with van der Waals surface area (Å²) in [6, 6.07) is 6.78. The third kappa shape index (κ3) is 3.72. The number of hydrogen-bond acceptors (Lipinski definition) is 3. The molecule has 2 aliphatic rings. The lowest BCUT2D eigenvalue weighted by Gasteiger charge is -2.39. The van der Waals surface area contributed by atoms with E-state index in [1.165, 1.54) is 6.07 Å². The Labute approximate surface area is 155 Å². The molecule has 0 spiro atoms. The van der Waals surface area contributed by atoms with Crippen LogP contribution in [0, 0.1) is 5.82 Å². The van der Waals surface area contributed by atoms with Crippen LogP contribution in [-0.2, 0) is 15.3 Å². The van der Waals surface area contributed by atoms with Crippen LogP contribution in [0.4, 0.5) is 4.39 Å². The van der Waals surface area contributed by atoms with Crippen molar-refractivity contribution in [3.05, 3.63) is 35.6 Å². The van der Waals surface area contributed by atoms with E-state index in [0.29, 0.717) is 19.6 Å². The molecule has 1 heterocycles. The number of aliphatic imine (C=N–C) groups is 1. The van der Waals surface area contributed by atoms with Crippen molar-refractivity contribution in [2.75, 3.05) is 31.9 Å². The Bertz CT molecular complexity index is 801. The number of rotatable bonds is 4. The zero-order chi connectivity index (χ0) is 19.0. The molecule has 0 unspecified atom stereocenters. The molecule has 144 valence electrons. The van der Waals surface area contributed by atoms with E-state index in [9.17, 15) is 12.8 Å². The minimum absolute atomic E-state index is 0.0832. The monoisotopic (exact) mass is 381 g/mol. The lowest BCUT2D eigenvalue weighted by atomic mass is 9.96. The van der Waals surface area contributed by atoms with E-state index in [1.807, 2.05) is 17.9 Å². The molecule has 1 saturated carbocycles. The molecule has 5 nitrogen and oxygen atoms in total. The van der Waals surface area contributed by atoms with Crippen LogP contribution in [0.5, 0.6) is 0 Å². The standard InChI is InChI=1S/C19H28FN3O2S/c1-4-21-17(23-10-11-26(24,25)18(2,3)14-23)22-13-19(8-9-19)15-6-5-7-16(20)12-15/h5-7,12H,4,8-11,13-14H2,1-3H3,(H,21,22). The van der Waals surface area contributed by atoms with Crippen molar-refractivity contribution in [2.24, 2.45) is 4.99 Å². The first-order valence-electron chi connectivity index (χ1n) is 9.21. The second kappa shape index (κ2) is 6.83. The van der Waals surface area contributed by atoms with E-state index in [0.717, 1.165) is 30.9 Å². The third-order valence-corrected chi connectivity index (χ3v) is 8.03. The van der Waals surface area contributed by atoms with E-state index < -0.39 is 14.6 Å². The summed E-state index contributed by atoms with van der Waals surface area (Å²) >= 11 is 0. The number of nitrogens with one attached hydrogen (secondary N) is 1. The van der Waals surface area contributed by atoms with Gasteiger partial charge in [-0.15, -0.1) is 0 Å². The van der Waals surface area contributed by atoms with Crippen LogP contribution in [0.2, 0.25) is 0 Å². The molecule has 26 heavy (non-hydrogen) atoms. The Morgan fingerprint density at radius 3 is 2.65 bits per heavy atom. The van der Waals surface area contributed by atoms with Crippen LogP contribution >= 0.6 is 0 Å². The zero-order valence-electron chi connectivity index (χ0n) is 15.8. The summed E-state index contributed by atoms with van der Waals surface area (Å²) < 4.78 is 37.3. The third-order valence-electron chi connectivity index (χ3n) is 5.50. The molecule has 1 aromatic carbocycles. The summed E-state index contributed by atoms with van der Waals surface area (Å²) in [5, 5.41) is 3.29. The van der Waals surface area contributed by atoms with Gasteiger partial charge in [-0.2, -0.15) is 0 Å². The highest BCUT2D eigenvalue weighted by atomic mass is 32.2. The molecule has 0 atom stereocenters. The van der Waals surface area contributed by atoms with Crippen molar-refractivity contribution in [3.63, 3.8) is 0 Å². The molecular weight excluding hydrogens is 353 g/mol. The first-order chi connectivity index (χ1) is 12.2. The molecule has 1 saturated heterocycles. The van der Waals surface area contributed by atoms with E-state index in [1.54, 1.807) is 26.0 Å². The molecule has 1 aliphatic heterocycles. The van der Waals surface area contributed by atoms with Gasteiger partial charge in [-0.1, -0.05) is 12.1 Å². The van der Waals surface area contributed by atoms with Gasteiger partial charge in [-0.3, -0.25) is 4.99 Å². The molecule has 0 radical (unpaired) electrons. The summed E-state index contributed by atoms with van der Waals surface area (Å²) in [4.78, 5) is 6.84. The molecule has 0 amide bonds. The quantitative estimate of drug-likeness (QED) is 0.642. The van der Waals surface area contributed by atoms with Crippen LogP contribution in [0.15, 0.2) is 29.3 Å². The summed E-state index contributed by atoms with van der Waals surface area (Å²) in [5.41, 5.74) is 0.916. The van der Waals surface area contributed by atoms with Crippen LogP contribution in [0.25, 0.3) is 0 Å². The molecule has 1 N–H and O–H groups in total. The number of nitrogens with zero attached hydrogens (tertiary/aromatic N) is 2. The minimum atomic E-state index is -3.09. The Hall–Kier alpha value is -1.63. The molecule has 2 fully saturated rings. The topological polar surface area (TPSA) is 61.8 Å². The fourth-order valence-electron chi connectivity index (χ4n) is 3.48. The van der Waals surface area contributed by atoms with Crippen molar-refractivity contribution in [1.82, 2.24) is 10.2 Å². The van der Waals surface area contributed by atoms with Gasteiger partial charge in [0.05, 0.1) is 17.0 Å². The molecule has 0 aromatic heterocycles. The van der Waals surface area contributed by atoms with E-state index in [2.05, 4.69) is 5.32 Å². The van der Waals surface area contributed by atoms with Crippen molar-refractivity contribution in [2.45, 2.75) is 43.8 Å². The predicted molar refractivity (Wildman–Crippen MR) is 103 cm³/mol. The second-order valence-electron chi connectivity index (χ2n) is 7.96. The first-order valence-corrected chi connectivity index (χ1v) is 10.9. The van der Waals surface area contributed by atoms with Gasteiger partial charge < -0.3 is 10.2 Å².